The number of fused-ring (bicyclic) bond motifs is 5. The molecule has 0 bridgehead atoms. The van der Waals surface area contributed by atoms with Crippen LogP contribution in [0.4, 0.5) is 4.39 Å². The molecule has 0 amide bonds. The second-order valence-corrected chi connectivity index (χ2v) is 27.2. The average molecular weight is 622 g/mol. The second-order valence-electron chi connectivity index (χ2n) is 18.0. The molecule has 0 aliphatic heterocycles. The van der Waals surface area contributed by atoms with E-state index in [-0.39, 0.29) is 39.9 Å². The molecule has 4 aliphatic rings. The fourth-order valence-electron chi connectivity index (χ4n) is 10.7. The molecule has 4 saturated carbocycles. The van der Waals surface area contributed by atoms with E-state index in [1.807, 2.05) is 0 Å². The van der Waals surface area contributed by atoms with Gasteiger partial charge in [-0.2, -0.15) is 0 Å². The molecule has 0 heterocycles. The molecule has 0 N–H and O–H groups in total. The summed E-state index contributed by atoms with van der Waals surface area (Å²) in [6.45, 7) is 28.7. The Kier molecular flexibility index (Phi) is 9.96. The molecule has 242 valence electrons. The third kappa shape index (κ3) is 6.09. The SMILES string of the molecule is CC[C@H]1C(O[Si](C)(C)C)C2C3CCC([C@H](C)CCN=C=O)[C@@]3(C)CCC2[C@@]2(C)CCC(O[Si](C)(C)C(C)(C)C)[C@H](F)[C@@H]12. The van der Waals surface area contributed by atoms with Crippen LogP contribution in [0.25, 0.3) is 0 Å². The van der Waals surface area contributed by atoms with Crippen molar-refractivity contribution in [3.63, 3.8) is 0 Å². The van der Waals surface area contributed by atoms with E-state index < -0.39 is 22.8 Å². The first-order chi connectivity index (χ1) is 19.3. The quantitative estimate of drug-likeness (QED) is 0.146. The fourth-order valence-corrected chi connectivity index (χ4v) is 13.2. The van der Waals surface area contributed by atoms with Crippen molar-refractivity contribution >= 4 is 22.7 Å². The van der Waals surface area contributed by atoms with Crippen LogP contribution in [0, 0.1) is 52.3 Å². The smallest absolute Gasteiger partial charge is 0.234 e. The molecule has 4 aliphatic carbocycles. The number of nitrogens with zero attached hydrogens (tertiary/aromatic N) is 1. The van der Waals surface area contributed by atoms with Crippen LogP contribution in [-0.4, -0.2) is 47.6 Å². The molecule has 7 heteroatoms. The van der Waals surface area contributed by atoms with Gasteiger partial charge >= 0.3 is 0 Å². The Morgan fingerprint density at radius 1 is 0.976 bits per heavy atom. The predicted molar refractivity (Wildman–Crippen MR) is 177 cm³/mol. The van der Waals surface area contributed by atoms with Crippen molar-refractivity contribution < 1.29 is 18.0 Å². The van der Waals surface area contributed by atoms with Gasteiger partial charge in [-0.25, -0.2) is 14.2 Å². The number of isocyanates is 1. The highest BCUT2D eigenvalue weighted by Crippen LogP contribution is 2.70. The van der Waals surface area contributed by atoms with Crippen LogP contribution < -0.4 is 0 Å². The standard InChI is InChI=1S/C35H64FNO3Si2/c1-13-24-30-31(36)28(39-42(11,12)33(3,4)5)17-20-35(30,7)27-16-19-34(6)25(23(2)18-21-37-22-38)14-15-26(34)29(27)32(24)40-41(8,9)10/h23-32H,13-21H2,1-12H3/t23-,24-,25?,26?,27?,28?,29?,30-,31+,32?,34-,35-/m1/s1. The highest BCUT2D eigenvalue weighted by molar-refractivity contribution is 6.74. The molecule has 0 aromatic heterocycles. The molecule has 4 nitrogen and oxygen atoms in total. The maximum atomic E-state index is 17.2. The van der Waals surface area contributed by atoms with Gasteiger partial charge in [-0.15, -0.1) is 0 Å². The minimum absolute atomic E-state index is 0.00435. The monoisotopic (exact) mass is 621 g/mol. The normalized spacial score (nSPS) is 43.1. The van der Waals surface area contributed by atoms with E-state index in [1.165, 1.54) is 25.7 Å². The number of aliphatic imine (C=N–C) groups is 1. The van der Waals surface area contributed by atoms with Gasteiger partial charge in [0.15, 0.2) is 16.6 Å². The van der Waals surface area contributed by atoms with Gasteiger partial charge in [0, 0.05) is 5.92 Å². The lowest BCUT2D eigenvalue weighted by Crippen LogP contribution is -2.67. The highest BCUT2D eigenvalue weighted by atomic mass is 28.4. The molecule has 6 unspecified atom stereocenters. The lowest BCUT2D eigenvalue weighted by Gasteiger charge is -2.67. The van der Waals surface area contributed by atoms with Gasteiger partial charge in [0.1, 0.15) is 6.17 Å². The second kappa shape index (κ2) is 12.1. The number of rotatable bonds is 9. The van der Waals surface area contributed by atoms with E-state index in [0.717, 1.165) is 25.7 Å². The molecular weight excluding hydrogens is 558 g/mol. The van der Waals surface area contributed by atoms with E-state index in [0.29, 0.717) is 36.1 Å². The van der Waals surface area contributed by atoms with E-state index in [1.54, 1.807) is 6.08 Å². The summed E-state index contributed by atoms with van der Waals surface area (Å²) in [5.41, 5.74) is 0.257. The van der Waals surface area contributed by atoms with Crippen LogP contribution in [-0.2, 0) is 13.6 Å². The molecule has 0 aromatic carbocycles. The van der Waals surface area contributed by atoms with Crippen LogP contribution in [0.3, 0.4) is 0 Å². The molecule has 0 saturated heterocycles. The molecule has 4 rings (SSSR count). The number of alkyl halides is 1. The Labute approximate surface area is 260 Å². The van der Waals surface area contributed by atoms with Crippen LogP contribution in [0.5, 0.6) is 0 Å². The summed E-state index contributed by atoms with van der Waals surface area (Å²) < 4.78 is 31.4. The molecule has 0 aromatic rings. The van der Waals surface area contributed by atoms with Gasteiger partial charge in [-0.3, -0.25) is 0 Å². The predicted octanol–water partition coefficient (Wildman–Crippen LogP) is 9.81. The maximum Gasteiger partial charge on any atom is 0.234 e. The summed E-state index contributed by atoms with van der Waals surface area (Å²) in [5.74, 6) is 3.02. The molecule has 12 atom stereocenters. The van der Waals surface area contributed by atoms with Crippen molar-refractivity contribution in [2.24, 2.45) is 57.2 Å². The van der Waals surface area contributed by atoms with E-state index in [2.05, 4.69) is 86.2 Å². The summed E-state index contributed by atoms with van der Waals surface area (Å²) in [7, 11) is -3.97. The Hall–Kier alpha value is -0.336. The number of halogens is 1. The Morgan fingerprint density at radius 2 is 1.60 bits per heavy atom. The summed E-state index contributed by atoms with van der Waals surface area (Å²) >= 11 is 0. The molecule has 0 spiro atoms. The summed E-state index contributed by atoms with van der Waals surface area (Å²) in [5, 5.41) is 0.0718. The zero-order valence-corrected chi connectivity index (χ0v) is 31.2. The van der Waals surface area contributed by atoms with Crippen molar-refractivity contribution in [1.82, 2.24) is 0 Å². The first-order valence-corrected chi connectivity index (χ1v) is 23.7. The van der Waals surface area contributed by atoms with Gasteiger partial charge < -0.3 is 8.85 Å². The third-order valence-corrected chi connectivity index (χ3v) is 19.1. The first kappa shape index (κ1) is 34.5. The zero-order chi connectivity index (χ0) is 31.5. The average Bonchev–Trinajstić information content (AvgIpc) is 3.22. The Balaban J connectivity index is 1.71. The van der Waals surface area contributed by atoms with Crippen molar-refractivity contribution in [1.29, 1.82) is 0 Å². The third-order valence-electron chi connectivity index (χ3n) is 13.6. The van der Waals surface area contributed by atoms with Gasteiger partial charge in [-0.05, 0) is 129 Å². The first-order valence-electron chi connectivity index (χ1n) is 17.4. The van der Waals surface area contributed by atoms with E-state index in [9.17, 15) is 4.79 Å². The molecular formula is C35H64FNO3Si2. The minimum atomic E-state index is -2.09. The largest absolute Gasteiger partial charge is 0.414 e. The van der Waals surface area contributed by atoms with E-state index >= 15 is 4.39 Å². The van der Waals surface area contributed by atoms with Crippen molar-refractivity contribution in [2.45, 2.75) is 156 Å². The number of hydrogen-bond acceptors (Lipinski definition) is 4. The summed E-state index contributed by atoms with van der Waals surface area (Å²) in [4.78, 5) is 14.6. The van der Waals surface area contributed by atoms with Gasteiger partial charge in [0.25, 0.3) is 0 Å². The van der Waals surface area contributed by atoms with Gasteiger partial charge in [0.2, 0.25) is 6.08 Å². The number of hydrogen-bond donors (Lipinski definition) is 0. The fraction of sp³-hybridized carbons (Fsp3) is 0.971. The Morgan fingerprint density at radius 3 is 2.17 bits per heavy atom. The zero-order valence-electron chi connectivity index (χ0n) is 29.2. The number of carbonyl (C=O) groups excluding carboxylic acids is 1. The topological polar surface area (TPSA) is 47.9 Å². The van der Waals surface area contributed by atoms with Gasteiger partial charge in [0.05, 0.1) is 18.8 Å². The van der Waals surface area contributed by atoms with Crippen LogP contribution in [0.2, 0.25) is 37.8 Å². The molecule has 0 radical (unpaired) electrons. The van der Waals surface area contributed by atoms with Gasteiger partial charge in [-0.1, -0.05) is 54.9 Å². The van der Waals surface area contributed by atoms with Crippen molar-refractivity contribution in [3.05, 3.63) is 0 Å². The lowest BCUT2D eigenvalue weighted by molar-refractivity contribution is -0.217. The summed E-state index contributed by atoms with van der Waals surface area (Å²) in [6, 6.07) is 0. The lowest BCUT2D eigenvalue weighted by atomic mass is 9.41. The van der Waals surface area contributed by atoms with Crippen LogP contribution in [0.15, 0.2) is 4.99 Å². The van der Waals surface area contributed by atoms with Crippen molar-refractivity contribution in [2.75, 3.05) is 6.54 Å². The van der Waals surface area contributed by atoms with Crippen molar-refractivity contribution in [3.8, 4) is 0 Å². The summed E-state index contributed by atoms with van der Waals surface area (Å²) in [6.07, 6.45) is 9.41. The Bertz CT molecular complexity index is 1000. The van der Waals surface area contributed by atoms with E-state index in [4.69, 9.17) is 8.85 Å². The highest BCUT2D eigenvalue weighted by Gasteiger charge is 2.68. The molecule has 4 fully saturated rings. The minimum Gasteiger partial charge on any atom is -0.414 e. The van der Waals surface area contributed by atoms with Crippen LogP contribution >= 0.6 is 0 Å². The molecule has 42 heavy (non-hydrogen) atoms. The maximum absolute atomic E-state index is 17.2. The van der Waals surface area contributed by atoms with Crippen LogP contribution in [0.1, 0.15) is 99.8 Å².